The van der Waals surface area contributed by atoms with Crippen LogP contribution in [0.3, 0.4) is 0 Å². The smallest absolute Gasteiger partial charge is 0.120 e. The number of benzene rings is 1. The molecule has 1 aromatic heterocycles. The minimum Gasteiger partial charge on any atom is -0.383 e. The van der Waals surface area contributed by atoms with Gasteiger partial charge in [-0.05, 0) is 43.1 Å². The molecule has 0 amide bonds. The molecule has 0 radical (unpaired) electrons. The van der Waals surface area contributed by atoms with Gasteiger partial charge in [0.2, 0.25) is 0 Å². The van der Waals surface area contributed by atoms with Gasteiger partial charge in [0.15, 0.2) is 0 Å². The van der Waals surface area contributed by atoms with E-state index in [1.165, 1.54) is 0 Å². The minimum absolute atomic E-state index is 0.0171. The van der Waals surface area contributed by atoms with Gasteiger partial charge in [0.1, 0.15) is 6.17 Å². The second-order valence-corrected chi connectivity index (χ2v) is 5.87. The highest BCUT2D eigenvalue weighted by Gasteiger charge is 2.31. The lowest BCUT2D eigenvalue weighted by atomic mass is 9.85. The molecule has 1 saturated heterocycles. The van der Waals surface area contributed by atoms with Crippen molar-refractivity contribution in [1.29, 1.82) is 0 Å². The molecule has 4 nitrogen and oxygen atoms in total. The van der Waals surface area contributed by atoms with Gasteiger partial charge in [-0.25, -0.2) is 4.39 Å². The minimum atomic E-state index is -0.824. The zero-order valence-corrected chi connectivity index (χ0v) is 12.6. The number of piperidine rings is 1. The summed E-state index contributed by atoms with van der Waals surface area (Å²) in [5.74, 6) is -0.0171. The van der Waals surface area contributed by atoms with Crippen molar-refractivity contribution in [3.05, 3.63) is 29.5 Å². The molecule has 1 aliphatic heterocycles. The molecule has 2 atom stereocenters. The van der Waals surface area contributed by atoms with E-state index in [0.29, 0.717) is 13.2 Å². The molecular formula is C16H22FN3O. The molecule has 1 aliphatic rings. The van der Waals surface area contributed by atoms with E-state index in [0.717, 1.165) is 41.5 Å². The number of H-pyrrole nitrogens is 1. The highest BCUT2D eigenvalue weighted by Crippen LogP contribution is 2.34. The van der Waals surface area contributed by atoms with Gasteiger partial charge in [0.25, 0.3) is 0 Å². The van der Waals surface area contributed by atoms with Crippen LogP contribution in [0.2, 0.25) is 0 Å². The number of rotatable bonds is 4. The number of ether oxygens (including phenoxy) is 1. The van der Waals surface area contributed by atoms with E-state index in [1.807, 2.05) is 6.20 Å². The summed E-state index contributed by atoms with van der Waals surface area (Å²) in [4.78, 5) is 2.15. The van der Waals surface area contributed by atoms with Gasteiger partial charge in [-0.3, -0.25) is 10.00 Å². The van der Waals surface area contributed by atoms with Crippen LogP contribution in [0.15, 0.2) is 18.3 Å². The fraction of sp³-hybridized carbons (Fsp3) is 0.562. The van der Waals surface area contributed by atoms with Crippen molar-refractivity contribution in [3.63, 3.8) is 0 Å². The first-order valence-electron chi connectivity index (χ1n) is 7.48. The average molecular weight is 291 g/mol. The van der Waals surface area contributed by atoms with Gasteiger partial charge in [0.05, 0.1) is 18.3 Å². The Balaban J connectivity index is 1.78. The Morgan fingerprint density at radius 2 is 2.33 bits per heavy atom. The van der Waals surface area contributed by atoms with Crippen LogP contribution in [0.1, 0.15) is 23.5 Å². The van der Waals surface area contributed by atoms with Gasteiger partial charge in [-0.2, -0.15) is 5.10 Å². The van der Waals surface area contributed by atoms with Gasteiger partial charge in [0, 0.05) is 31.5 Å². The Morgan fingerprint density at radius 3 is 3.10 bits per heavy atom. The third-order valence-electron chi connectivity index (χ3n) is 4.46. The van der Waals surface area contributed by atoms with Crippen LogP contribution >= 0.6 is 0 Å². The number of aromatic amines is 1. The monoisotopic (exact) mass is 291 g/mol. The second-order valence-electron chi connectivity index (χ2n) is 5.87. The Kier molecular flexibility index (Phi) is 4.22. The number of methoxy groups -OCH3 is 1. The van der Waals surface area contributed by atoms with Crippen LogP contribution in [-0.2, 0) is 4.74 Å². The number of fused-ring (bicyclic) bond motifs is 1. The first kappa shape index (κ1) is 14.5. The van der Waals surface area contributed by atoms with Crippen molar-refractivity contribution < 1.29 is 9.13 Å². The lowest BCUT2D eigenvalue weighted by molar-refractivity contribution is 0.0862. The highest BCUT2D eigenvalue weighted by molar-refractivity contribution is 5.79. The van der Waals surface area contributed by atoms with Gasteiger partial charge in [-0.1, -0.05) is 0 Å². The summed E-state index contributed by atoms with van der Waals surface area (Å²) in [5, 5.41) is 8.12. The van der Waals surface area contributed by atoms with Gasteiger partial charge < -0.3 is 4.74 Å². The maximum absolute atomic E-state index is 14.6. The molecule has 0 saturated carbocycles. The topological polar surface area (TPSA) is 41.1 Å². The summed E-state index contributed by atoms with van der Waals surface area (Å²) in [6.07, 6.45) is 1.84. The quantitative estimate of drug-likeness (QED) is 0.941. The normalized spacial score (nSPS) is 23.8. The van der Waals surface area contributed by atoms with E-state index in [4.69, 9.17) is 4.74 Å². The molecule has 1 fully saturated rings. The number of hydrogen-bond donors (Lipinski definition) is 1. The van der Waals surface area contributed by atoms with Crippen LogP contribution in [0.25, 0.3) is 10.9 Å². The number of aryl methyl sites for hydroxylation is 1. The number of hydrogen-bond acceptors (Lipinski definition) is 3. The first-order chi connectivity index (χ1) is 10.2. The van der Waals surface area contributed by atoms with Crippen molar-refractivity contribution in [2.45, 2.75) is 25.4 Å². The van der Waals surface area contributed by atoms with Crippen molar-refractivity contribution in [2.24, 2.45) is 0 Å². The molecule has 2 aromatic rings. The van der Waals surface area contributed by atoms with E-state index >= 15 is 0 Å². The molecule has 3 rings (SSSR count). The summed E-state index contributed by atoms with van der Waals surface area (Å²) in [6, 6.07) is 4.16. The predicted octanol–water partition coefficient (Wildman–Crippen LogP) is 2.65. The molecule has 0 unspecified atom stereocenters. The fourth-order valence-corrected chi connectivity index (χ4v) is 3.26. The zero-order valence-electron chi connectivity index (χ0n) is 12.6. The zero-order chi connectivity index (χ0) is 14.8. The van der Waals surface area contributed by atoms with Crippen molar-refractivity contribution in [1.82, 2.24) is 15.1 Å². The fourth-order valence-electron chi connectivity index (χ4n) is 3.26. The lowest BCUT2D eigenvalue weighted by Crippen LogP contribution is -2.42. The van der Waals surface area contributed by atoms with Crippen molar-refractivity contribution in [3.8, 4) is 0 Å². The van der Waals surface area contributed by atoms with Crippen molar-refractivity contribution in [2.75, 3.05) is 33.4 Å². The Labute approximate surface area is 124 Å². The van der Waals surface area contributed by atoms with Crippen molar-refractivity contribution >= 4 is 10.9 Å². The Morgan fingerprint density at radius 1 is 1.48 bits per heavy atom. The molecule has 1 N–H and O–H groups in total. The molecule has 0 aliphatic carbocycles. The molecule has 0 bridgehead atoms. The van der Waals surface area contributed by atoms with Gasteiger partial charge in [-0.15, -0.1) is 0 Å². The average Bonchev–Trinajstić information content (AvgIpc) is 2.91. The third-order valence-corrected chi connectivity index (χ3v) is 4.46. The number of alkyl halides is 1. The summed E-state index contributed by atoms with van der Waals surface area (Å²) in [7, 11) is 1.68. The molecular weight excluding hydrogens is 269 g/mol. The Bertz CT molecular complexity index is 613. The molecule has 21 heavy (non-hydrogen) atoms. The van der Waals surface area contributed by atoms with Crippen LogP contribution in [-0.4, -0.2) is 54.6 Å². The largest absolute Gasteiger partial charge is 0.383 e. The summed E-state index contributed by atoms with van der Waals surface area (Å²) >= 11 is 0. The summed E-state index contributed by atoms with van der Waals surface area (Å²) in [6.45, 7) is 4.95. The van der Waals surface area contributed by atoms with E-state index < -0.39 is 6.17 Å². The van der Waals surface area contributed by atoms with E-state index in [-0.39, 0.29) is 5.92 Å². The molecule has 5 heteroatoms. The van der Waals surface area contributed by atoms with Crippen LogP contribution in [0.5, 0.6) is 0 Å². The van der Waals surface area contributed by atoms with Gasteiger partial charge >= 0.3 is 0 Å². The molecule has 2 heterocycles. The summed E-state index contributed by atoms with van der Waals surface area (Å²) < 4.78 is 19.7. The number of halogens is 1. The second kappa shape index (κ2) is 6.12. The standard InChI is InChI=1S/C16H22FN3O/c1-11-7-12-9-18-19-16(12)8-14(11)13-3-4-20(5-6-21-2)10-15(13)17/h7-9,13,15H,3-6,10H2,1-2H3,(H,18,19)/t13-,15-/m0/s1. The van der Waals surface area contributed by atoms with Crippen LogP contribution < -0.4 is 0 Å². The maximum atomic E-state index is 14.6. The van der Waals surface area contributed by atoms with E-state index in [2.05, 4.69) is 34.2 Å². The highest BCUT2D eigenvalue weighted by atomic mass is 19.1. The number of likely N-dealkylation sites (tertiary alicyclic amines) is 1. The number of nitrogens with zero attached hydrogens (tertiary/aromatic N) is 2. The van der Waals surface area contributed by atoms with Crippen LogP contribution in [0, 0.1) is 6.92 Å². The number of nitrogens with one attached hydrogen (secondary N) is 1. The SMILES string of the molecule is COCCN1CC[C@@H](c2cc3[nH]ncc3cc2C)[C@@H](F)C1. The van der Waals surface area contributed by atoms with Crippen LogP contribution in [0.4, 0.5) is 4.39 Å². The van der Waals surface area contributed by atoms with E-state index in [9.17, 15) is 4.39 Å². The number of aromatic nitrogens is 2. The molecule has 0 spiro atoms. The first-order valence-corrected chi connectivity index (χ1v) is 7.48. The maximum Gasteiger partial charge on any atom is 0.120 e. The molecule has 1 aromatic carbocycles. The Hall–Kier alpha value is -1.46. The summed E-state index contributed by atoms with van der Waals surface area (Å²) in [5.41, 5.74) is 3.26. The van der Waals surface area contributed by atoms with E-state index in [1.54, 1.807) is 7.11 Å². The lowest BCUT2D eigenvalue weighted by Gasteiger charge is -2.35. The molecule has 114 valence electrons. The third kappa shape index (κ3) is 2.94. The predicted molar refractivity (Wildman–Crippen MR) is 81.4 cm³/mol.